The molecule has 6 aromatic carbocycles. The SMILES string of the molecule is CC(=O)C(C)=C(C)O.CC(=O)C1=C(O)CCC1.CC(=O)C1=C(O)CCCC1.[Ir].[Ir].[Ir].[c-]1ccccc1-c1ccccn1.[c-]1ccccc1-c1ccccn1.[c-]1ccccc1-c1ccccn1.[c-]1ccccc1-c1ccccn1.[c-]1ccccc1-c1ccccn1.[c-]1ccccc1-c1ccccn1. The maximum Gasteiger partial charge on any atom is 0.159 e. The van der Waals surface area contributed by atoms with Crippen molar-refractivity contribution in [2.24, 2.45) is 0 Å². The molecule has 0 saturated carbocycles. The van der Waals surface area contributed by atoms with Crippen molar-refractivity contribution >= 4 is 17.3 Å². The van der Waals surface area contributed by atoms with Gasteiger partial charge in [-0.05, 0) is 137 Å². The molecule has 14 rings (SSSR count). The number of aliphatic hydroxyl groups is 3. The Morgan fingerprint density at radius 1 is 0.294 bits per heavy atom. The van der Waals surface area contributed by atoms with Crippen LogP contribution in [0.25, 0.3) is 67.5 Å². The summed E-state index contributed by atoms with van der Waals surface area (Å²) < 4.78 is 0. The van der Waals surface area contributed by atoms with E-state index >= 15 is 0 Å². The Balaban J connectivity index is 0.000000298. The number of carbonyl (C=O) groups excluding carboxylic acids is 3. The number of aliphatic hydroxyl groups excluding tert-OH is 3. The number of carbonyl (C=O) groups is 3. The van der Waals surface area contributed by atoms with Gasteiger partial charge in [0.15, 0.2) is 17.3 Å². The summed E-state index contributed by atoms with van der Waals surface area (Å²) in [5.74, 6) is 0.700. The van der Waals surface area contributed by atoms with Crippen LogP contribution in [0.3, 0.4) is 0 Å². The third kappa shape index (κ3) is 32.9. The van der Waals surface area contributed by atoms with Crippen LogP contribution in [0.5, 0.6) is 0 Å². The molecule has 2 aliphatic carbocycles. The maximum absolute atomic E-state index is 10.8. The minimum atomic E-state index is -0.0787. The van der Waals surface area contributed by atoms with Crippen molar-refractivity contribution in [3.05, 3.63) is 362 Å². The summed E-state index contributed by atoms with van der Waals surface area (Å²) >= 11 is 0. The van der Waals surface area contributed by atoms with Crippen molar-refractivity contribution in [3.8, 4) is 67.5 Å². The smallest absolute Gasteiger partial charge is 0.159 e. The van der Waals surface area contributed by atoms with E-state index in [-0.39, 0.29) is 83.4 Å². The number of allylic oxidation sites excluding steroid dienone is 6. The van der Waals surface area contributed by atoms with Crippen molar-refractivity contribution in [3.63, 3.8) is 0 Å². The van der Waals surface area contributed by atoms with E-state index < -0.39 is 0 Å². The largest absolute Gasteiger partial charge is 0.512 e. The van der Waals surface area contributed by atoms with Gasteiger partial charge in [-0.25, -0.2) is 0 Å². The van der Waals surface area contributed by atoms with Gasteiger partial charge in [-0.3, -0.25) is 14.4 Å². The van der Waals surface area contributed by atoms with Crippen LogP contribution < -0.4 is 0 Å². The Kier molecular flexibility index (Phi) is 43.0. The average molecular weight is 1880 g/mol. The molecule has 3 N–H and O–H groups in total. The van der Waals surface area contributed by atoms with Gasteiger partial charge in [-0.1, -0.05) is 72.8 Å². The number of rotatable bonds is 9. The van der Waals surface area contributed by atoms with Crippen LogP contribution in [0.1, 0.15) is 79.6 Å². The first kappa shape index (κ1) is 86.0. The second-order valence-corrected chi connectivity index (χ2v) is 21.7. The van der Waals surface area contributed by atoms with E-state index in [2.05, 4.69) is 66.3 Å². The van der Waals surface area contributed by atoms with Crippen molar-refractivity contribution in [2.75, 3.05) is 0 Å². The van der Waals surface area contributed by atoms with Gasteiger partial charge in [0, 0.05) is 127 Å². The Labute approximate surface area is 641 Å². The van der Waals surface area contributed by atoms with Gasteiger partial charge >= 0.3 is 0 Å². The molecule has 0 aliphatic heterocycles. The minimum Gasteiger partial charge on any atom is -0.512 e. The predicted octanol–water partition coefficient (Wildman–Crippen LogP) is 20.2. The number of Topliss-reactive ketones (excluding diaryl/α,β-unsaturated/α-hetero) is 3. The number of aromatic nitrogens is 6. The van der Waals surface area contributed by atoms with E-state index in [9.17, 15) is 19.5 Å². The Bertz CT molecular complexity index is 3500. The molecule has 0 saturated heterocycles. The minimum absolute atomic E-state index is 0. The molecule has 0 bridgehead atoms. The third-order valence-corrected chi connectivity index (χ3v) is 14.4. The third-order valence-electron chi connectivity index (χ3n) is 14.4. The van der Waals surface area contributed by atoms with Crippen LogP contribution >= 0.6 is 0 Å². The van der Waals surface area contributed by atoms with Crippen LogP contribution in [0.2, 0.25) is 0 Å². The van der Waals surface area contributed by atoms with Crippen LogP contribution in [0.15, 0.2) is 326 Å². The first-order chi connectivity index (χ1) is 48.3. The van der Waals surface area contributed by atoms with Gasteiger partial charge < -0.3 is 45.2 Å². The van der Waals surface area contributed by atoms with Gasteiger partial charge in [0.1, 0.15) is 0 Å². The first-order valence-corrected chi connectivity index (χ1v) is 32.3. The molecule has 12 nitrogen and oxygen atoms in total. The van der Waals surface area contributed by atoms with Crippen molar-refractivity contribution in [1.29, 1.82) is 0 Å². The van der Waals surface area contributed by atoms with Crippen molar-refractivity contribution in [1.82, 2.24) is 29.9 Å². The molecule has 0 amide bonds. The molecular weight excluding hydrogens is 1800 g/mol. The molecule has 3 radical (unpaired) electrons. The molecule has 2 aliphatic rings. The average Bonchev–Trinajstić information content (AvgIpc) is 1.51. The zero-order valence-electron chi connectivity index (χ0n) is 57.4. The molecule has 527 valence electrons. The van der Waals surface area contributed by atoms with Crippen LogP contribution in [-0.2, 0) is 74.7 Å². The van der Waals surface area contributed by atoms with E-state index in [1.165, 1.54) is 27.7 Å². The van der Waals surface area contributed by atoms with Gasteiger partial charge in [-0.2, -0.15) is 0 Å². The molecule has 12 aromatic rings. The monoisotopic (exact) mass is 1880 g/mol. The second kappa shape index (κ2) is 51.0. The molecule has 0 spiro atoms. The van der Waals surface area contributed by atoms with Crippen molar-refractivity contribution in [2.45, 2.75) is 79.6 Å². The Morgan fingerprint density at radius 2 is 0.500 bits per heavy atom. The number of nitrogens with zero attached hydrogens (tertiary/aromatic N) is 6. The fraction of sp³-hybridized carbons (Fsp3) is 0.138. The van der Waals surface area contributed by atoms with Crippen LogP contribution in [-0.4, -0.2) is 62.6 Å². The van der Waals surface area contributed by atoms with Gasteiger partial charge in [0.05, 0.1) is 17.3 Å². The van der Waals surface area contributed by atoms with Gasteiger partial charge in [0.2, 0.25) is 0 Å². The zero-order valence-corrected chi connectivity index (χ0v) is 64.6. The summed E-state index contributed by atoms with van der Waals surface area (Å²) in [7, 11) is 0. The molecule has 0 atom stereocenters. The molecule has 6 heterocycles. The second-order valence-electron chi connectivity index (χ2n) is 21.7. The topological polar surface area (TPSA) is 189 Å². The van der Waals surface area contributed by atoms with E-state index in [0.717, 1.165) is 99.6 Å². The van der Waals surface area contributed by atoms with Gasteiger partial charge in [-0.15, -0.1) is 215 Å². The summed E-state index contributed by atoms with van der Waals surface area (Å²) in [4.78, 5) is 57.1. The summed E-state index contributed by atoms with van der Waals surface area (Å²) in [6.45, 7) is 7.52. The van der Waals surface area contributed by atoms with E-state index in [0.29, 0.717) is 41.1 Å². The summed E-state index contributed by atoms with van der Waals surface area (Å²) in [6, 6.07) is 101. The van der Waals surface area contributed by atoms with Crippen LogP contribution in [0.4, 0.5) is 0 Å². The normalized spacial score (nSPS) is 11.4. The molecule has 102 heavy (non-hydrogen) atoms. The predicted molar refractivity (Wildman–Crippen MR) is 396 cm³/mol. The summed E-state index contributed by atoms with van der Waals surface area (Å²) in [6.07, 6.45) is 16.6. The zero-order chi connectivity index (χ0) is 70.5. The molecule has 0 unspecified atom stereocenters. The Hall–Kier alpha value is -10.2. The summed E-state index contributed by atoms with van der Waals surface area (Å²) in [5.41, 5.74) is 13.8. The first-order valence-electron chi connectivity index (χ1n) is 32.3. The molecule has 0 fully saturated rings. The van der Waals surface area contributed by atoms with E-state index in [4.69, 9.17) is 10.2 Å². The van der Waals surface area contributed by atoms with Crippen molar-refractivity contribution < 1.29 is 90.0 Å². The summed E-state index contributed by atoms with van der Waals surface area (Å²) in [5, 5.41) is 26.9. The fourth-order valence-corrected chi connectivity index (χ4v) is 9.08. The van der Waals surface area contributed by atoms with Gasteiger partial charge in [0.25, 0.3) is 0 Å². The maximum atomic E-state index is 10.8. The standard InChI is InChI=1S/6C11H8N.C8H12O2.C7H10O2.C6H10O2.3Ir/c6*1-2-6-10(7-3-1)11-8-4-5-9-12-11;1-6(9)7-4-2-3-5-8(7)10;1-5(8)6-3-2-4-7(6)9;1-4(5(2)7)6(3)8;;;/h6*1-6,8-9H;10H,2-5H2,1H3;9H,2-4H2,1H3;7H,1-3H3;;;/q6*-1;;;;;;. The quantitative estimate of drug-likeness (QED) is 0.0706. The molecular formula is C87H80Ir3N6O6-6. The fourth-order valence-electron chi connectivity index (χ4n) is 9.08. The van der Waals surface area contributed by atoms with E-state index in [1.54, 1.807) is 44.1 Å². The molecule has 15 heteroatoms. The number of benzene rings is 6. The number of hydrogen-bond acceptors (Lipinski definition) is 12. The van der Waals surface area contributed by atoms with E-state index in [1.807, 2.05) is 255 Å². The number of hydrogen-bond donors (Lipinski definition) is 3. The molecule has 6 aromatic heterocycles. The Morgan fingerprint density at radius 3 is 0.637 bits per heavy atom. The number of pyridine rings is 6. The van der Waals surface area contributed by atoms with Crippen LogP contribution in [0, 0.1) is 36.4 Å². The number of ketones is 3.